The Balaban J connectivity index is 1.76. The number of amides is 4. The molecule has 4 N–H and O–H groups in total. The molecule has 1 fully saturated rings. The van der Waals surface area contributed by atoms with Gasteiger partial charge in [0.25, 0.3) is 0 Å². The summed E-state index contributed by atoms with van der Waals surface area (Å²) in [6, 6.07) is 3.05. The minimum Gasteiger partial charge on any atom is -0.467 e. The molecule has 0 aromatic carbocycles. The van der Waals surface area contributed by atoms with Crippen molar-refractivity contribution in [2.75, 3.05) is 13.1 Å². The van der Waals surface area contributed by atoms with E-state index in [4.69, 9.17) is 10.2 Å². The number of hydrogen-bond donors (Lipinski definition) is 3. The van der Waals surface area contributed by atoms with Crippen molar-refractivity contribution >= 4 is 17.8 Å². The van der Waals surface area contributed by atoms with E-state index in [0.29, 0.717) is 18.7 Å². The lowest BCUT2D eigenvalue weighted by atomic mass is 9.93. The number of nitrogens with zero attached hydrogens (tertiary/aromatic N) is 1. The maximum absolute atomic E-state index is 12.2. The molecule has 4 amide bonds. The molecule has 1 aromatic rings. The number of likely N-dealkylation sites (tertiary alicyclic amines) is 1. The van der Waals surface area contributed by atoms with Crippen LogP contribution in [0.4, 0.5) is 4.79 Å². The Morgan fingerprint density at radius 3 is 2.78 bits per heavy atom. The van der Waals surface area contributed by atoms with Crippen molar-refractivity contribution in [3.05, 3.63) is 24.2 Å². The Labute approximate surface area is 134 Å². The molecule has 1 aliphatic rings. The predicted molar refractivity (Wildman–Crippen MR) is 82.0 cm³/mol. The van der Waals surface area contributed by atoms with Crippen molar-refractivity contribution in [1.82, 2.24) is 15.5 Å². The summed E-state index contributed by atoms with van der Waals surface area (Å²) in [6.07, 6.45) is 2.94. The molecule has 2 unspecified atom stereocenters. The third-order valence-corrected chi connectivity index (χ3v) is 4.01. The van der Waals surface area contributed by atoms with Crippen LogP contribution in [0.5, 0.6) is 0 Å². The minimum absolute atomic E-state index is 0.0334. The van der Waals surface area contributed by atoms with Crippen molar-refractivity contribution in [1.29, 1.82) is 0 Å². The summed E-state index contributed by atoms with van der Waals surface area (Å²) in [5.74, 6) is -0.307. The SMILES string of the molecule is CC1CCC(C(N)=O)CN1C(=O)CNC(=O)NCc1ccco1. The van der Waals surface area contributed by atoms with Crippen LogP contribution in [0.1, 0.15) is 25.5 Å². The van der Waals surface area contributed by atoms with Crippen LogP contribution in [0.3, 0.4) is 0 Å². The lowest BCUT2D eigenvalue weighted by Crippen LogP contribution is -2.52. The third kappa shape index (κ3) is 4.73. The number of rotatable bonds is 5. The molecule has 1 aromatic heterocycles. The number of furan rings is 1. The highest BCUT2D eigenvalue weighted by Gasteiger charge is 2.31. The number of primary amides is 1. The highest BCUT2D eigenvalue weighted by atomic mass is 16.3. The van der Waals surface area contributed by atoms with E-state index in [9.17, 15) is 14.4 Å². The van der Waals surface area contributed by atoms with Gasteiger partial charge in [-0.1, -0.05) is 0 Å². The van der Waals surface area contributed by atoms with Crippen LogP contribution in [0.15, 0.2) is 22.8 Å². The van der Waals surface area contributed by atoms with E-state index >= 15 is 0 Å². The van der Waals surface area contributed by atoms with Gasteiger partial charge in [0.1, 0.15) is 5.76 Å². The van der Waals surface area contributed by atoms with Gasteiger partial charge in [-0.3, -0.25) is 9.59 Å². The molecule has 2 rings (SSSR count). The zero-order chi connectivity index (χ0) is 16.8. The van der Waals surface area contributed by atoms with Gasteiger partial charge in [-0.2, -0.15) is 0 Å². The summed E-state index contributed by atoms with van der Waals surface area (Å²) < 4.78 is 5.09. The van der Waals surface area contributed by atoms with E-state index in [1.165, 1.54) is 6.26 Å². The van der Waals surface area contributed by atoms with E-state index < -0.39 is 6.03 Å². The second kappa shape index (κ2) is 7.66. The van der Waals surface area contributed by atoms with Crippen LogP contribution >= 0.6 is 0 Å². The summed E-state index contributed by atoms with van der Waals surface area (Å²) in [4.78, 5) is 36.8. The van der Waals surface area contributed by atoms with Gasteiger partial charge in [-0.05, 0) is 31.9 Å². The Morgan fingerprint density at radius 2 is 2.13 bits per heavy atom. The zero-order valence-corrected chi connectivity index (χ0v) is 13.1. The third-order valence-electron chi connectivity index (χ3n) is 4.01. The summed E-state index contributed by atoms with van der Waals surface area (Å²) in [5.41, 5.74) is 5.32. The molecule has 2 atom stereocenters. The normalized spacial score (nSPS) is 20.8. The molecule has 0 radical (unpaired) electrons. The number of nitrogens with one attached hydrogen (secondary N) is 2. The molecule has 126 valence electrons. The fourth-order valence-corrected chi connectivity index (χ4v) is 2.59. The fourth-order valence-electron chi connectivity index (χ4n) is 2.59. The monoisotopic (exact) mass is 322 g/mol. The standard InChI is InChI=1S/C15H22N4O4/c1-10-4-5-11(14(16)21)9-19(10)13(20)8-18-15(22)17-7-12-3-2-6-23-12/h2-3,6,10-11H,4-5,7-9H2,1H3,(H2,16,21)(H2,17,18,22). The van der Waals surface area contributed by atoms with E-state index in [2.05, 4.69) is 10.6 Å². The first-order valence-electron chi connectivity index (χ1n) is 7.60. The fraction of sp³-hybridized carbons (Fsp3) is 0.533. The van der Waals surface area contributed by atoms with Gasteiger partial charge in [0, 0.05) is 12.6 Å². The smallest absolute Gasteiger partial charge is 0.315 e. The average Bonchev–Trinajstić information content (AvgIpc) is 3.04. The van der Waals surface area contributed by atoms with Gasteiger partial charge < -0.3 is 25.7 Å². The number of carbonyl (C=O) groups is 3. The maximum Gasteiger partial charge on any atom is 0.315 e. The van der Waals surface area contributed by atoms with Crippen LogP contribution in [0.25, 0.3) is 0 Å². The number of piperidine rings is 1. The lowest BCUT2D eigenvalue weighted by molar-refractivity contribution is -0.136. The molecule has 0 saturated carbocycles. The molecule has 1 aliphatic heterocycles. The summed E-state index contributed by atoms with van der Waals surface area (Å²) in [6.45, 7) is 2.35. The molecular formula is C15H22N4O4. The van der Waals surface area contributed by atoms with Crippen LogP contribution in [-0.2, 0) is 16.1 Å². The number of nitrogens with two attached hydrogens (primary N) is 1. The van der Waals surface area contributed by atoms with Crippen LogP contribution in [-0.4, -0.2) is 41.9 Å². The molecule has 2 heterocycles. The molecule has 0 spiro atoms. The zero-order valence-electron chi connectivity index (χ0n) is 13.1. The van der Waals surface area contributed by atoms with Gasteiger partial charge in [0.2, 0.25) is 11.8 Å². The first-order chi connectivity index (χ1) is 11.0. The molecular weight excluding hydrogens is 300 g/mol. The number of carbonyl (C=O) groups excluding carboxylic acids is 3. The van der Waals surface area contributed by atoms with Crippen LogP contribution < -0.4 is 16.4 Å². The quantitative estimate of drug-likeness (QED) is 0.717. The minimum atomic E-state index is -0.453. The van der Waals surface area contributed by atoms with Crippen molar-refractivity contribution in [2.24, 2.45) is 11.7 Å². The average molecular weight is 322 g/mol. The maximum atomic E-state index is 12.2. The second-order valence-corrected chi connectivity index (χ2v) is 5.69. The molecule has 1 saturated heterocycles. The van der Waals surface area contributed by atoms with E-state index in [1.807, 2.05) is 6.92 Å². The molecule has 0 aliphatic carbocycles. The van der Waals surface area contributed by atoms with Crippen molar-refractivity contribution in [2.45, 2.75) is 32.4 Å². The largest absolute Gasteiger partial charge is 0.467 e. The van der Waals surface area contributed by atoms with Crippen molar-refractivity contribution < 1.29 is 18.8 Å². The predicted octanol–water partition coefficient (Wildman–Crippen LogP) is 0.191. The van der Waals surface area contributed by atoms with Gasteiger partial charge in [0.15, 0.2) is 0 Å². The second-order valence-electron chi connectivity index (χ2n) is 5.69. The highest BCUT2D eigenvalue weighted by molar-refractivity contribution is 5.85. The summed E-state index contributed by atoms with van der Waals surface area (Å²) >= 11 is 0. The Morgan fingerprint density at radius 1 is 1.35 bits per heavy atom. The molecule has 8 heteroatoms. The van der Waals surface area contributed by atoms with Crippen LogP contribution in [0.2, 0.25) is 0 Å². The van der Waals surface area contributed by atoms with E-state index in [-0.39, 0.29) is 36.9 Å². The van der Waals surface area contributed by atoms with Crippen molar-refractivity contribution in [3.63, 3.8) is 0 Å². The lowest BCUT2D eigenvalue weighted by Gasteiger charge is -2.36. The van der Waals surface area contributed by atoms with Gasteiger partial charge in [-0.25, -0.2) is 4.79 Å². The van der Waals surface area contributed by atoms with E-state index in [0.717, 1.165) is 6.42 Å². The highest BCUT2D eigenvalue weighted by Crippen LogP contribution is 2.21. The summed E-state index contributed by atoms with van der Waals surface area (Å²) in [5, 5.41) is 5.10. The Bertz CT molecular complexity index is 558. The topological polar surface area (TPSA) is 118 Å². The Kier molecular flexibility index (Phi) is 5.61. The van der Waals surface area contributed by atoms with Gasteiger partial charge in [0.05, 0.1) is 25.3 Å². The van der Waals surface area contributed by atoms with E-state index in [1.54, 1.807) is 17.0 Å². The van der Waals surface area contributed by atoms with Crippen LogP contribution in [0, 0.1) is 5.92 Å². The molecule has 23 heavy (non-hydrogen) atoms. The first kappa shape index (κ1) is 16.9. The molecule has 8 nitrogen and oxygen atoms in total. The number of hydrogen-bond acceptors (Lipinski definition) is 4. The first-order valence-corrected chi connectivity index (χ1v) is 7.60. The van der Waals surface area contributed by atoms with Gasteiger partial charge in [-0.15, -0.1) is 0 Å². The number of urea groups is 1. The summed E-state index contributed by atoms with van der Waals surface area (Å²) in [7, 11) is 0. The Hall–Kier alpha value is -2.51. The molecule has 0 bridgehead atoms. The van der Waals surface area contributed by atoms with Gasteiger partial charge >= 0.3 is 6.03 Å². The van der Waals surface area contributed by atoms with Crippen molar-refractivity contribution in [3.8, 4) is 0 Å².